The Morgan fingerprint density at radius 1 is 0.727 bits per heavy atom. The molecule has 0 atom stereocenters. The van der Waals surface area contributed by atoms with E-state index in [1.165, 1.54) is 28.0 Å². The van der Waals surface area contributed by atoms with Crippen LogP contribution in [0, 0.1) is 0 Å². The first kappa shape index (κ1) is 22.3. The first-order valence-corrected chi connectivity index (χ1v) is 10.3. The number of hydrogen-bond donors (Lipinski definition) is 1. The topological polar surface area (TPSA) is 73.5 Å². The standard InChI is InChI=1S/C24H20F3N3O3/c25-24(26,27)19-9-5-4-8-17(19)22(32)29-12-14-30(15-13-29)23(33)18-10-11-20(28-21(18)31)16-6-2-1-3-7-16/h1-11H,12-15H2,(H,28,31). The van der Waals surface area contributed by atoms with Gasteiger partial charge >= 0.3 is 6.18 Å². The number of piperazine rings is 1. The van der Waals surface area contributed by atoms with Gasteiger partial charge < -0.3 is 14.8 Å². The van der Waals surface area contributed by atoms with Crippen molar-refractivity contribution in [3.8, 4) is 11.3 Å². The highest BCUT2D eigenvalue weighted by Crippen LogP contribution is 2.32. The van der Waals surface area contributed by atoms with Crippen molar-refractivity contribution >= 4 is 11.8 Å². The maximum atomic E-state index is 13.2. The summed E-state index contributed by atoms with van der Waals surface area (Å²) in [6, 6.07) is 16.9. The molecule has 1 saturated heterocycles. The quantitative estimate of drug-likeness (QED) is 0.655. The van der Waals surface area contributed by atoms with Crippen molar-refractivity contribution < 1.29 is 22.8 Å². The molecule has 9 heteroatoms. The van der Waals surface area contributed by atoms with Crippen molar-refractivity contribution in [2.75, 3.05) is 26.2 Å². The van der Waals surface area contributed by atoms with Crippen LogP contribution in [-0.2, 0) is 6.18 Å². The Kier molecular flexibility index (Phi) is 6.04. The van der Waals surface area contributed by atoms with Crippen LogP contribution in [0.5, 0.6) is 0 Å². The Bertz CT molecular complexity index is 1230. The lowest BCUT2D eigenvalue weighted by molar-refractivity contribution is -0.138. The van der Waals surface area contributed by atoms with Crippen LogP contribution in [0.3, 0.4) is 0 Å². The fraction of sp³-hybridized carbons (Fsp3) is 0.208. The number of carbonyl (C=O) groups is 2. The molecule has 0 spiro atoms. The monoisotopic (exact) mass is 455 g/mol. The first-order chi connectivity index (χ1) is 15.8. The predicted molar refractivity (Wildman–Crippen MR) is 116 cm³/mol. The number of alkyl halides is 3. The number of nitrogens with one attached hydrogen (secondary N) is 1. The zero-order chi connectivity index (χ0) is 23.6. The fourth-order valence-corrected chi connectivity index (χ4v) is 3.80. The molecular formula is C24H20F3N3O3. The Morgan fingerprint density at radius 2 is 1.27 bits per heavy atom. The highest BCUT2D eigenvalue weighted by Gasteiger charge is 2.36. The van der Waals surface area contributed by atoms with Crippen LogP contribution in [0.15, 0.2) is 71.5 Å². The Labute approximate surface area is 187 Å². The smallest absolute Gasteiger partial charge is 0.335 e. The minimum Gasteiger partial charge on any atom is -0.335 e. The van der Waals surface area contributed by atoms with Crippen molar-refractivity contribution in [2.24, 2.45) is 0 Å². The summed E-state index contributed by atoms with van der Waals surface area (Å²) in [4.78, 5) is 43.5. The molecule has 0 radical (unpaired) electrons. The normalized spacial score (nSPS) is 14.3. The lowest BCUT2D eigenvalue weighted by Gasteiger charge is -2.35. The molecule has 1 aliphatic heterocycles. The molecule has 2 amide bonds. The molecule has 1 aliphatic rings. The molecule has 0 unspecified atom stereocenters. The number of H-pyrrole nitrogens is 1. The van der Waals surface area contributed by atoms with E-state index in [4.69, 9.17) is 0 Å². The van der Waals surface area contributed by atoms with Gasteiger partial charge in [0.1, 0.15) is 5.56 Å². The number of benzene rings is 2. The number of hydrogen-bond acceptors (Lipinski definition) is 3. The van der Waals surface area contributed by atoms with Gasteiger partial charge in [0, 0.05) is 31.9 Å². The SMILES string of the molecule is O=C(c1ccccc1C(F)(F)F)N1CCN(C(=O)c2ccc(-c3ccccc3)[nH]c2=O)CC1. The van der Waals surface area contributed by atoms with E-state index in [0.29, 0.717) is 5.69 Å². The fourth-order valence-electron chi connectivity index (χ4n) is 3.80. The highest BCUT2D eigenvalue weighted by molar-refractivity contribution is 5.97. The average Bonchev–Trinajstić information content (AvgIpc) is 2.83. The summed E-state index contributed by atoms with van der Waals surface area (Å²) in [7, 11) is 0. The van der Waals surface area contributed by atoms with Crippen molar-refractivity contribution in [1.29, 1.82) is 0 Å². The molecule has 2 heterocycles. The Balaban J connectivity index is 1.45. The molecule has 1 aromatic heterocycles. The molecule has 170 valence electrons. The number of aromatic nitrogens is 1. The molecule has 0 saturated carbocycles. The number of carbonyl (C=O) groups excluding carboxylic acids is 2. The van der Waals surface area contributed by atoms with E-state index in [-0.39, 0.29) is 31.7 Å². The van der Waals surface area contributed by atoms with Crippen LogP contribution in [0.2, 0.25) is 0 Å². The Hall–Kier alpha value is -3.88. The lowest BCUT2D eigenvalue weighted by Crippen LogP contribution is -2.51. The third kappa shape index (κ3) is 4.67. The number of halogens is 3. The average molecular weight is 455 g/mol. The summed E-state index contributed by atoms with van der Waals surface area (Å²) in [6.45, 7) is 0.352. The predicted octanol–water partition coefficient (Wildman–Crippen LogP) is 3.66. The summed E-state index contributed by atoms with van der Waals surface area (Å²) < 4.78 is 39.7. The van der Waals surface area contributed by atoms with Gasteiger partial charge in [-0.25, -0.2) is 0 Å². The van der Waals surface area contributed by atoms with E-state index in [1.807, 2.05) is 30.3 Å². The zero-order valence-corrected chi connectivity index (χ0v) is 17.4. The van der Waals surface area contributed by atoms with E-state index < -0.39 is 34.7 Å². The molecule has 0 bridgehead atoms. The number of rotatable bonds is 3. The van der Waals surface area contributed by atoms with Gasteiger partial charge in [-0.2, -0.15) is 13.2 Å². The number of pyridine rings is 1. The maximum Gasteiger partial charge on any atom is 0.417 e. The third-order valence-corrected chi connectivity index (χ3v) is 5.54. The maximum absolute atomic E-state index is 13.2. The van der Waals surface area contributed by atoms with Crippen molar-refractivity contribution in [3.63, 3.8) is 0 Å². The van der Waals surface area contributed by atoms with Crippen LogP contribution < -0.4 is 5.56 Å². The summed E-state index contributed by atoms with van der Waals surface area (Å²) in [5.41, 5.74) is -0.581. The van der Waals surface area contributed by atoms with Gasteiger partial charge in [0.15, 0.2) is 0 Å². The number of nitrogens with zero attached hydrogens (tertiary/aromatic N) is 2. The molecule has 33 heavy (non-hydrogen) atoms. The largest absolute Gasteiger partial charge is 0.417 e. The minimum atomic E-state index is -4.64. The summed E-state index contributed by atoms with van der Waals surface area (Å²) in [5.74, 6) is -1.22. The van der Waals surface area contributed by atoms with Crippen molar-refractivity contribution in [1.82, 2.24) is 14.8 Å². The molecule has 6 nitrogen and oxygen atoms in total. The first-order valence-electron chi connectivity index (χ1n) is 10.3. The highest BCUT2D eigenvalue weighted by atomic mass is 19.4. The third-order valence-electron chi connectivity index (χ3n) is 5.54. The van der Waals surface area contributed by atoms with E-state index in [2.05, 4.69) is 4.98 Å². The molecule has 1 N–H and O–H groups in total. The van der Waals surface area contributed by atoms with Gasteiger partial charge in [0.25, 0.3) is 17.4 Å². The number of aromatic amines is 1. The van der Waals surface area contributed by atoms with Gasteiger partial charge in [-0.05, 0) is 29.8 Å². The Morgan fingerprint density at radius 3 is 1.85 bits per heavy atom. The van der Waals surface area contributed by atoms with Crippen molar-refractivity contribution in [2.45, 2.75) is 6.18 Å². The van der Waals surface area contributed by atoms with Gasteiger partial charge in [-0.3, -0.25) is 14.4 Å². The zero-order valence-electron chi connectivity index (χ0n) is 17.4. The van der Waals surface area contributed by atoms with Crippen LogP contribution in [0.1, 0.15) is 26.3 Å². The van der Waals surface area contributed by atoms with Crippen LogP contribution in [0.25, 0.3) is 11.3 Å². The van der Waals surface area contributed by atoms with Gasteiger partial charge in [0.2, 0.25) is 0 Å². The molecule has 0 aliphatic carbocycles. The summed E-state index contributed by atoms with van der Waals surface area (Å²) >= 11 is 0. The summed E-state index contributed by atoms with van der Waals surface area (Å²) in [6.07, 6.45) is -4.64. The van der Waals surface area contributed by atoms with Crippen LogP contribution in [-0.4, -0.2) is 52.8 Å². The second-order valence-electron chi connectivity index (χ2n) is 7.61. The van der Waals surface area contributed by atoms with Crippen molar-refractivity contribution in [3.05, 3.63) is 93.8 Å². The molecule has 1 fully saturated rings. The molecular weight excluding hydrogens is 435 g/mol. The van der Waals surface area contributed by atoms with E-state index in [0.717, 1.165) is 17.7 Å². The van der Waals surface area contributed by atoms with E-state index in [1.54, 1.807) is 6.07 Å². The van der Waals surface area contributed by atoms with Crippen LogP contribution in [0.4, 0.5) is 13.2 Å². The molecule has 2 aromatic carbocycles. The molecule has 3 aromatic rings. The lowest BCUT2D eigenvalue weighted by atomic mass is 10.1. The minimum absolute atomic E-state index is 0.0307. The van der Waals surface area contributed by atoms with Crippen LogP contribution >= 0.6 is 0 Å². The number of amides is 2. The van der Waals surface area contributed by atoms with Gasteiger partial charge in [-0.1, -0.05) is 42.5 Å². The van der Waals surface area contributed by atoms with E-state index in [9.17, 15) is 27.6 Å². The molecule has 4 rings (SSSR count). The van der Waals surface area contributed by atoms with Gasteiger partial charge in [-0.15, -0.1) is 0 Å². The van der Waals surface area contributed by atoms with E-state index >= 15 is 0 Å². The van der Waals surface area contributed by atoms with Gasteiger partial charge in [0.05, 0.1) is 11.1 Å². The summed E-state index contributed by atoms with van der Waals surface area (Å²) in [5, 5.41) is 0. The second-order valence-corrected chi connectivity index (χ2v) is 7.61. The second kappa shape index (κ2) is 8.93.